The summed E-state index contributed by atoms with van der Waals surface area (Å²) in [6.07, 6.45) is 7.85. The highest BCUT2D eigenvalue weighted by molar-refractivity contribution is 5.77. The number of rotatable bonds is 3. The van der Waals surface area contributed by atoms with Crippen molar-refractivity contribution in [2.75, 3.05) is 0 Å². The van der Waals surface area contributed by atoms with Crippen LogP contribution in [-0.4, -0.2) is 20.6 Å². The van der Waals surface area contributed by atoms with Gasteiger partial charge in [0.15, 0.2) is 0 Å². The van der Waals surface area contributed by atoms with Gasteiger partial charge in [0.1, 0.15) is 11.4 Å². The molecule has 0 saturated heterocycles. The van der Waals surface area contributed by atoms with E-state index in [1.54, 1.807) is 6.20 Å². The SMILES string of the molecule is CCc1nccn1C1(C(=O)O)CCCC(C)C1. The Morgan fingerprint density at radius 1 is 1.71 bits per heavy atom. The molecule has 0 aliphatic heterocycles. The molecule has 4 heteroatoms. The fourth-order valence-electron chi connectivity index (χ4n) is 3.03. The maximum atomic E-state index is 11.7. The summed E-state index contributed by atoms with van der Waals surface area (Å²) >= 11 is 0. The molecular weight excluding hydrogens is 216 g/mol. The number of hydrogen-bond acceptors (Lipinski definition) is 2. The molecule has 0 spiro atoms. The minimum absolute atomic E-state index is 0.465. The van der Waals surface area contributed by atoms with Crippen LogP contribution < -0.4 is 0 Å². The van der Waals surface area contributed by atoms with Crippen molar-refractivity contribution in [1.82, 2.24) is 9.55 Å². The van der Waals surface area contributed by atoms with Crippen LogP contribution in [0.4, 0.5) is 0 Å². The molecule has 2 unspecified atom stereocenters. The van der Waals surface area contributed by atoms with E-state index in [1.807, 2.05) is 17.7 Å². The number of carboxylic acid groups (broad SMARTS) is 1. The van der Waals surface area contributed by atoms with Crippen molar-refractivity contribution in [3.63, 3.8) is 0 Å². The zero-order valence-electron chi connectivity index (χ0n) is 10.5. The Hall–Kier alpha value is -1.32. The molecule has 1 N–H and O–H groups in total. The van der Waals surface area contributed by atoms with Gasteiger partial charge in [-0.3, -0.25) is 0 Å². The monoisotopic (exact) mass is 236 g/mol. The number of aromatic nitrogens is 2. The van der Waals surface area contributed by atoms with Crippen molar-refractivity contribution in [2.24, 2.45) is 5.92 Å². The molecule has 17 heavy (non-hydrogen) atoms. The van der Waals surface area contributed by atoms with Crippen LogP contribution in [-0.2, 0) is 16.8 Å². The zero-order valence-corrected chi connectivity index (χ0v) is 10.5. The summed E-state index contributed by atoms with van der Waals surface area (Å²) in [5.74, 6) is 0.630. The van der Waals surface area contributed by atoms with Crippen LogP contribution in [0.15, 0.2) is 12.4 Å². The number of nitrogens with zero attached hydrogens (tertiary/aromatic N) is 2. The molecule has 2 atom stereocenters. The Bertz CT molecular complexity index is 413. The summed E-state index contributed by atoms with van der Waals surface area (Å²) in [7, 11) is 0. The average Bonchev–Trinajstić information content (AvgIpc) is 2.77. The van der Waals surface area contributed by atoms with Crippen molar-refractivity contribution in [1.29, 1.82) is 0 Å². The second-order valence-electron chi connectivity index (χ2n) is 5.11. The Kier molecular flexibility index (Phi) is 3.22. The Balaban J connectivity index is 2.44. The van der Waals surface area contributed by atoms with Gasteiger partial charge >= 0.3 is 5.97 Å². The fourth-order valence-corrected chi connectivity index (χ4v) is 3.03. The van der Waals surface area contributed by atoms with Crippen molar-refractivity contribution in [3.8, 4) is 0 Å². The summed E-state index contributed by atoms with van der Waals surface area (Å²) in [4.78, 5) is 16.0. The number of hydrogen-bond donors (Lipinski definition) is 1. The minimum Gasteiger partial charge on any atom is -0.479 e. The van der Waals surface area contributed by atoms with E-state index in [9.17, 15) is 9.90 Å². The van der Waals surface area contributed by atoms with E-state index in [1.165, 1.54) is 0 Å². The van der Waals surface area contributed by atoms with Gasteiger partial charge in [-0.15, -0.1) is 0 Å². The van der Waals surface area contributed by atoms with E-state index in [2.05, 4.69) is 11.9 Å². The first kappa shape index (κ1) is 12.1. The van der Waals surface area contributed by atoms with Crippen molar-refractivity contribution in [3.05, 3.63) is 18.2 Å². The third-order valence-electron chi connectivity index (χ3n) is 3.87. The van der Waals surface area contributed by atoms with E-state index in [0.29, 0.717) is 12.3 Å². The number of aliphatic carboxylic acids is 1. The van der Waals surface area contributed by atoms with Crippen molar-refractivity contribution in [2.45, 2.75) is 51.5 Å². The standard InChI is InChI=1S/C13H20N2O2/c1-3-11-14-7-8-15(11)13(12(16)17)6-4-5-10(2)9-13/h7-8,10H,3-6,9H2,1-2H3,(H,16,17). The molecule has 1 aliphatic rings. The summed E-state index contributed by atoms with van der Waals surface area (Å²) in [5, 5.41) is 9.65. The lowest BCUT2D eigenvalue weighted by Crippen LogP contribution is -2.46. The maximum absolute atomic E-state index is 11.7. The number of imidazole rings is 1. The number of carbonyl (C=O) groups is 1. The Morgan fingerprint density at radius 3 is 3.06 bits per heavy atom. The van der Waals surface area contributed by atoms with E-state index in [4.69, 9.17) is 0 Å². The van der Waals surface area contributed by atoms with E-state index in [-0.39, 0.29) is 0 Å². The summed E-state index contributed by atoms with van der Waals surface area (Å²) in [5.41, 5.74) is -0.764. The van der Waals surface area contributed by atoms with Crippen LogP contribution in [0.2, 0.25) is 0 Å². The topological polar surface area (TPSA) is 55.1 Å². The van der Waals surface area contributed by atoms with Crippen molar-refractivity contribution >= 4 is 5.97 Å². The normalized spacial score (nSPS) is 29.2. The fraction of sp³-hybridized carbons (Fsp3) is 0.692. The van der Waals surface area contributed by atoms with E-state index < -0.39 is 11.5 Å². The molecule has 1 fully saturated rings. The van der Waals surface area contributed by atoms with E-state index >= 15 is 0 Å². The highest BCUT2D eigenvalue weighted by atomic mass is 16.4. The number of carboxylic acids is 1. The van der Waals surface area contributed by atoms with Gasteiger partial charge < -0.3 is 9.67 Å². The molecule has 0 amide bonds. The van der Waals surface area contributed by atoms with Gasteiger partial charge in [0.05, 0.1) is 0 Å². The lowest BCUT2D eigenvalue weighted by atomic mass is 9.76. The molecule has 1 aliphatic carbocycles. The first-order valence-electron chi connectivity index (χ1n) is 6.36. The predicted molar refractivity (Wildman–Crippen MR) is 64.8 cm³/mol. The number of aryl methyl sites for hydroxylation is 1. The van der Waals surface area contributed by atoms with Crippen LogP contribution in [0.25, 0.3) is 0 Å². The quantitative estimate of drug-likeness (QED) is 0.877. The first-order chi connectivity index (χ1) is 8.10. The van der Waals surface area contributed by atoms with Crippen LogP contribution >= 0.6 is 0 Å². The van der Waals surface area contributed by atoms with Gasteiger partial charge in [0.2, 0.25) is 0 Å². The molecular formula is C13H20N2O2. The second-order valence-corrected chi connectivity index (χ2v) is 5.11. The van der Waals surface area contributed by atoms with Gasteiger partial charge in [0.25, 0.3) is 0 Å². The zero-order chi connectivity index (χ0) is 12.5. The molecule has 2 rings (SSSR count). The van der Waals surface area contributed by atoms with Gasteiger partial charge in [-0.2, -0.15) is 0 Å². The second kappa shape index (κ2) is 4.51. The predicted octanol–water partition coefficient (Wildman–Crippen LogP) is 2.44. The highest BCUT2D eigenvalue weighted by Crippen LogP contribution is 2.39. The molecule has 1 aromatic rings. The molecule has 0 bridgehead atoms. The molecule has 1 heterocycles. The van der Waals surface area contributed by atoms with Crippen LogP contribution in [0, 0.1) is 5.92 Å². The lowest BCUT2D eigenvalue weighted by molar-refractivity contribution is -0.150. The minimum atomic E-state index is -0.764. The van der Waals surface area contributed by atoms with Crippen LogP contribution in [0.5, 0.6) is 0 Å². The molecule has 0 aromatic carbocycles. The van der Waals surface area contributed by atoms with Gasteiger partial charge in [-0.1, -0.05) is 26.7 Å². The summed E-state index contributed by atoms with van der Waals surface area (Å²) in [6.45, 7) is 4.15. The van der Waals surface area contributed by atoms with Gasteiger partial charge in [-0.25, -0.2) is 9.78 Å². The molecule has 4 nitrogen and oxygen atoms in total. The van der Waals surface area contributed by atoms with Gasteiger partial charge in [-0.05, 0) is 18.8 Å². The van der Waals surface area contributed by atoms with Gasteiger partial charge in [0, 0.05) is 18.8 Å². The third-order valence-corrected chi connectivity index (χ3v) is 3.87. The first-order valence-corrected chi connectivity index (χ1v) is 6.36. The third kappa shape index (κ3) is 1.96. The Morgan fingerprint density at radius 2 is 2.47 bits per heavy atom. The molecule has 1 saturated carbocycles. The largest absolute Gasteiger partial charge is 0.479 e. The van der Waals surface area contributed by atoms with Crippen LogP contribution in [0.3, 0.4) is 0 Å². The smallest absolute Gasteiger partial charge is 0.329 e. The lowest BCUT2D eigenvalue weighted by Gasteiger charge is -2.38. The maximum Gasteiger partial charge on any atom is 0.329 e. The van der Waals surface area contributed by atoms with E-state index in [0.717, 1.165) is 31.5 Å². The van der Waals surface area contributed by atoms with Crippen LogP contribution in [0.1, 0.15) is 45.4 Å². The average molecular weight is 236 g/mol. The molecule has 1 aromatic heterocycles. The summed E-state index contributed by atoms with van der Waals surface area (Å²) < 4.78 is 1.89. The molecule has 94 valence electrons. The summed E-state index contributed by atoms with van der Waals surface area (Å²) in [6, 6.07) is 0. The van der Waals surface area contributed by atoms with Crippen molar-refractivity contribution < 1.29 is 9.90 Å². The molecule has 0 radical (unpaired) electrons. The highest BCUT2D eigenvalue weighted by Gasteiger charge is 2.44. The Labute approximate surface area is 102 Å².